The van der Waals surface area contributed by atoms with Crippen molar-refractivity contribution in [3.8, 4) is 0 Å². The second-order valence-electron chi connectivity index (χ2n) is 5.46. The predicted molar refractivity (Wildman–Crippen MR) is 73.7 cm³/mol. The quantitative estimate of drug-likeness (QED) is 0.746. The Labute approximate surface area is 120 Å². The molecule has 108 valence electrons. The van der Waals surface area contributed by atoms with Crippen molar-refractivity contribution in [2.45, 2.75) is 38.3 Å². The van der Waals surface area contributed by atoms with E-state index in [1.807, 2.05) is 0 Å². The molecule has 2 saturated carbocycles. The maximum Gasteiger partial charge on any atom is 0.355 e. The fourth-order valence-corrected chi connectivity index (χ4v) is 3.09. The molecule has 3 rings (SSSR count). The molecule has 20 heavy (non-hydrogen) atoms. The highest BCUT2D eigenvalue weighted by Crippen LogP contribution is 2.44. The van der Waals surface area contributed by atoms with Gasteiger partial charge >= 0.3 is 12.0 Å². The second kappa shape index (κ2) is 5.40. The number of carboxylic acids is 1. The van der Waals surface area contributed by atoms with E-state index in [1.165, 1.54) is 42.4 Å². The average molecular weight is 295 g/mol. The standard InChI is InChI=1S/C13H17N3O3S/c17-12(18)9-6-20-10(15-9)5-14-13(19)16-11(7-1-2-7)8-3-4-8/h6-8,11H,1-5H2,(H,17,18)(H2,14,16,19). The zero-order valence-electron chi connectivity index (χ0n) is 11.0. The zero-order chi connectivity index (χ0) is 14.1. The van der Waals surface area contributed by atoms with Crippen LogP contribution in [0.4, 0.5) is 4.79 Å². The van der Waals surface area contributed by atoms with Crippen LogP contribution in [-0.4, -0.2) is 28.1 Å². The average Bonchev–Trinajstić information content (AvgIpc) is 3.32. The fourth-order valence-electron chi connectivity index (χ4n) is 2.38. The highest BCUT2D eigenvalue weighted by Gasteiger charge is 2.42. The molecule has 2 amide bonds. The molecule has 1 heterocycles. The van der Waals surface area contributed by atoms with Gasteiger partial charge < -0.3 is 15.7 Å². The summed E-state index contributed by atoms with van der Waals surface area (Å²) >= 11 is 1.24. The van der Waals surface area contributed by atoms with Gasteiger partial charge in [0.15, 0.2) is 5.69 Å². The number of aromatic carboxylic acids is 1. The van der Waals surface area contributed by atoms with Crippen LogP contribution in [0.3, 0.4) is 0 Å². The molecule has 0 aliphatic heterocycles. The fraction of sp³-hybridized carbons (Fsp3) is 0.615. The van der Waals surface area contributed by atoms with Crippen LogP contribution in [0.1, 0.15) is 41.2 Å². The zero-order valence-corrected chi connectivity index (χ0v) is 11.8. The highest BCUT2D eigenvalue weighted by atomic mass is 32.1. The van der Waals surface area contributed by atoms with Crippen LogP contribution >= 0.6 is 11.3 Å². The first-order chi connectivity index (χ1) is 9.63. The number of carbonyl (C=O) groups is 2. The summed E-state index contributed by atoms with van der Waals surface area (Å²) in [5.74, 6) is 0.276. The molecule has 1 aromatic heterocycles. The minimum Gasteiger partial charge on any atom is -0.476 e. The van der Waals surface area contributed by atoms with E-state index in [2.05, 4.69) is 15.6 Å². The number of hydrogen-bond acceptors (Lipinski definition) is 4. The summed E-state index contributed by atoms with van der Waals surface area (Å²) in [4.78, 5) is 26.5. The van der Waals surface area contributed by atoms with Crippen molar-refractivity contribution in [1.29, 1.82) is 0 Å². The lowest BCUT2D eigenvalue weighted by Crippen LogP contribution is -2.44. The monoisotopic (exact) mass is 295 g/mol. The van der Waals surface area contributed by atoms with E-state index in [-0.39, 0.29) is 18.3 Å². The lowest BCUT2D eigenvalue weighted by Gasteiger charge is -2.17. The summed E-state index contributed by atoms with van der Waals surface area (Å²) in [6.45, 7) is 0.270. The number of amides is 2. The molecule has 2 fully saturated rings. The van der Waals surface area contributed by atoms with E-state index in [9.17, 15) is 9.59 Å². The van der Waals surface area contributed by atoms with Crippen molar-refractivity contribution in [2.75, 3.05) is 0 Å². The molecule has 2 aliphatic carbocycles. The molecule has 0 bridgehead atoms. The minimum atomic E-state index is -1.04. The second-order valence-corrected chi connectivity index (χ2v) is 6.40. The Hall–Kier alpha value is -1.63. The number of thiazole rings is 1. The summed E-state index contributed by atoms with van der Waals surface area (Å²) in [6.07, 6.45) is 4.87. The van der Waals surface area contributed by atoms with Crippen LogP contribution in [0, 0.1) is 11.8 Å². The molecule has 0 radical (unpaired) electrons. The number of nitrogens with zero attached hydrogens (tertiary/aromatic N) is 1. The highest BCUT2D eigenvalue weighted by molar-refractivity contribution is 7.09. The van der Waals surface area contributed by atoms with E-state index in [0.29, 0.717) is 22.9 Å². The van der Waals surface area contributed by atoms with Crippen molar-refractivity contribution in [3.63, 3.8) is 0 Å². The first-order valence-electron chi connectivity index (χ1n) is 6.85. The Balaban J connectivity index is 1.47. The van der Waals surface area contributed by atoms with Gasteiger partial charge in [0.25, 0.3) is 0 Å². The first kappa shape index (κ1) is 13.4. The first-order valence-corrected chi connectivity index (χ1v) is 7.73. The van der Waals surface area contributed by atoms with E-state index < -0.39 is 5.97 Å². The van der Waals surface area contributed by atoms with Gasteiger partial charge in [-0.3, -0.25) is 0 Å². The molecule has 0 saturated heterocycles. The molecule has 2 aliphatic rings. The van der Waals surface area contributed by atoms with Gasteiger partial charge in [0, 0.05) is 11.4 Å². The van der Waals surface area contributed by atoms with Gasteiger partial charge in [0.1, 0.15) is 5.01 Å². The Morgan fingerprint density at radius 1 is 1.35 bits per heavy atom. The van der Waals surface area contributed by atoms with Crippen molar-refractivity contribution in [3.05, 3.63) is 16.1 Å². The van der Waals surface area contributed by atoms with Crippen molar-refractivity contribution in [2.24, 2.45) is 11.8 Å². The molecule has 7 heteroatoms. The smallest absolute Gasteiger partial charge is 0.355 e. The molecule has 0 aromatic carbocycles. The number of carboxylic acid groups (broad SMARTS) is 1. The van der Waals surface area contributed by atoms with E-state index >= 15 is 0 Å². The van der Waals surface area contributed by atoms with Crippen LogP contribution in [0.5, 0.6) is 0 Å². The number of hydrogen-bond donors (Lipinski definition) is 3. The summed E-state index contributed by atoms with van der Waals surface area (Å²) in [5, 5.41) is 16.7. The number of rotatable bonds is 6. The molecular weight excluding hydrogens is 278 g/mol. The SMILES string of the molecule is O=C(NCc1nc(C(=O)O)cs1)NC(C1CC1)C1CC1. The van der Waals surface area contributed by atoms with Gasteiger partial charge in [-0.1, -0.05) is 0 Å². The van der Waals surface area contributed by atoms with E-state index in [0.717, 1.165) is 0 Å². The van der Waals surface area contributed by atoms with E-state index in [1.54, 1.807) is 0 Å². The van der Waals surface area contributed by atoms with Gasteiger partial charge in [-0.2, -0.15) is 0 Å². The Bertz CT molecular complexity index is 511. The van der Waals surface area contributed by atoms with Crippen molar-refractivity contribution in [1.82, 2.24) is 15.6 Å². The van der Waals surface area contributed by atoms with E-state index in [4.69, 9.17) is 5.11 Å². The molecule has 0 spiro atoms. The largest absolute Gasteiger partial charge is 0.476 e. The van der Waals surface area contributed by atoms with Gasteiger partial charge in [-0.25, -0.2) is 14.6 Å². The molecule has 0 unspecified atom stereocenters. The van der Waals surface area contributed by atoms with Crippen molar-refractivity contribution >= 4 is 23.3 Å². The van der Waals surface area contributed by atoms with Crippen molar-refractivity contribution < 1.29 is 14.7 Å². The molecule has 1 aromatic rings. The lowest BCUT2D eigenvalue weighted by molar-refractivity contribution is 0.0691. The number of urea groups is 1. The normalized spacial score (nSPS) is 18.1. The predicted octanol–water partition coefficient (Wildman–Crippen LogP) is 1.83. The van der Waals surface area contributed by atoms with Gasteiger partial charge in [-0.05, 0) is 37.5 Å². The van der Waals surface area contributed by atoms with Crippen LogP contribution in [0.15, 0.2) is 5.38 Å². The number of nitrogens with one attached hydrogen (secondary N) is 2. The van der Waals surface area contributed by atoms with Crippen LogP contribution in [-0.2, 0) is 6.54 Å². The lowest BCUT2D eigenvalue weighted by atomic mass is 10.1. The van der Waals surface area contributed by atoms with Gasteiger partial charge in [-0.15, -0.1) is 11.3 Å². The molecule has 3 N–H and O–H groups in total. The molecular formula is C13H17N3O3S. The summed E-state index contributed by atoms with van der Waals surface area (Å²) < 4.78 is 0. The summed E-state index contributed by atoms with van der Waals surface area (Å²) in [5.41, 5.74) is 0.0287. The van der Waals surface area contributed by atoms with Crippen LogP contribution in [0.25, 0.3) is 0 Å². The topological polar surface area (TPSA) is 91.3 Å². The van der Waals surface area contributed by atoms with Crippen LogP contribution in [0.2, 0.25) is 0 Å². The summed E-state index contributed by atoms with van der Waals surface area (Å²) in [7, 11) is 0. The molecule has 0 atom stereocenters. The minimum absolute atomic E-state index is 0.0287. The third-order valence-electron chi connectivity index (χ3n) is 3.73. The number of carbonyl (C=O) groups excluding carboxylic acids is 1. The molecule has 6 nitrogen and oxygen atoms in total. The maximum absolute atomic E-state index is 11.9. The Morgan fingerprint density at radius 3 is 2.50 bits per heavy atom. The third kappa shape index (κ3) is 3.27. The third-order valence-corrected chi connectivity index (χ3v) is 4.58. The van der Waals surface area contributed by atoms with Gasteiger partial charge in [0.2, 0.25) is 0 Å². The Kier molecular flexibility index (Phi) is 3.60. The number of aromatic nitrogens is 1. The summed E-state index contributed by atoms with van der Waals surface area (Å²) in [6, 6.07) is 0.141. The van der Waals surface area contributed by atoms with Gasteiger partial charge in [0.05, 0.1) is 6.54 Å². The maximum atomic E-state index is 11.9. The Morgan fingerprint density at radius 2 is 2.00 bits per heavy atom. The van der Waals surface area contributed by atoms with Crippen LogP contribution < -0.4 is 10.6 Å².